The van der Waals surface area contributed by atoms with Crippen LogP contribution in [-0.4, -0.2) is 22.2 Å². The first-order chi connectivity index (χ1) is 13.6. The summed E-state index contributed by atoms with van der Waals surface area (Å²) < 4.78 is 24.3. The van der Waals surface area contributed by atoms with Crippen LogP contribution in [0, 0.1) is 5.82 Å². The Morgan fingerprint density at radius 1 is 1.07 bits per heavy atom. The van der Waals surface area contributed by atoms with Gasteiger partial charge in [0.1, 0.15) is 0 Å². The van der Waals surface area contributed by atoms with Gasteiger partial charge >= 0.3 is 0 Å². The number of hydrogen-bond acceptors (Lipinski definition) is 5. The maximum Gasteiger partial charge on any atom is 0.270 e. The van der Waals surface area contributed by atoms with Crippen LogP contribution in [0.4, 0.5) is 10.3 Å². The molecule has 0 bridgehead atoms. The van der Waals surface area contributed by atoms with Crippen molar-refractivity contribution < 1.29 is 18.4 Å². The second kappa shape index (κ2) is 7.48. The molecule has 0 radical (unpaired) electrons. The van der Waals surface area contributed by atoms with Crippen molar-refractivity contribution in [3.8, 4) is 17.2 Å². The Morgan fingerprint density at radius 3 is 2.68 bits per heavy atom. The van der Waals surface area contributed by atoms with Gasteiger partial charge in [-0.1, -0.05) is 48.5 Å². The number of rotatable bonds is 5. The summed E-state index contributed by atoms with van der Waals surface area (Å²) in [7, 11) is 0. The van der Waals surface area contributed by atoms with Crippen molar-refractivity contribution in [2.24, 2.45) is 0 Å². The lowest BCUT2D eigenvalue weighted by Gasteiger charge is -2.13. The largest absolute Gasteiger partial charge is 0.478 e. The molecule has 7 heteroatoms. The number of benzene rings is 3. The van der Waals surface area contributed by atoms with Crippen molar-refractivity contribution in [1.82, 2.24) is 10.1 Å². The van der Waals surface area contributed by atoms with Crippen LogP contribution in [0.3, 0.4) is 0 Å². The van der Waals surface area contributed by atoms with Gasteiger partial charge in [0.2, 0.25) is 0 Å². The van der Waals surface area contributed by atoms with Crippen LogP contribution in [-0.2, 0) is 4.79 Å². The van der Waals surface area contributed by atoms with Crippen LogP contribution >= 0.6 is 0 Å². The smallest absolute Gasteiger partial charge is 0.270 e. The van der Waals surface area contributed by atoms with E-state index in [1.54, 1.807) is 12.1 Å². The standard InChI is InChI=1S/C21H16FN3O3/c1-13(27-18-12-5-4-11-17(18)22)19(26)23-21-24-20(28-25-21)16-10-6-8-14-7-2-3-9-15(14)16/h2-13H,1H3,(H,23,25,26). The lowest BCUT2D eigenvalue weighted by molar-refractivity contribution is -0.122. The third kappa shape index (κ3) is 3.55. The number of para-hydroxylation sites is 1. The molecular formula is C21H16FN3O3. The summed E-state index contributed by atoms with van der Waals surface area (Å²) in [6.07, 6.45) is -0.948. The summed E-state index contributed by atoms with van der Waals surface area (Å²) in [6.45, 7) is 1.51. The molecular weight excluding hydrogens is 361 g/mol. The molecule has 4 rings (SSSR count). The van der Waals surface area contributed by atoms with Crippen molar-refractivity contribution in [3.05, 3.63) is 72.5 Å². The van der Waals surface area contributed by atoms with Crippen molar-refractivity contribution in [1.29, 1.82) is 0 Å². The molecule has 140 valence electrons. The molecule has 1 aromatic heterocycles. The van der Waals surface area contributed by atoms with Gasteiger partial charge in [0.05, 0.1) is 0 Å². The Kier molecular flexibility index (Phi) is 4.72. The SMILES string of the molecule is CC(Oc1ccccc1F)C(=O)Nc1noc(-c2cccc3ccccc23)n1. The normalized spacial score (nSPS) is 11.9. The zero-order valence-electron chi connectivity index (χ0n) is 14.9. The average molecular weight is 377 g/mol. The van der Waals surface area contributed by atoms with E-state index >= 15 is 0 Å². The highest BCUT2D eigenvalue weighted by Gasteiger charge is 2.19. The zero-order valence-corrected chi connectivity index (χ0v) is 14.9. The first-order valence-electron chi connectivity index (χ1n) is 8.66. The van der Waals surface area contributed by atoms with Crippen molar-refractivity contribution in [2.45, 2.75) is 13.0 Å². The van der Waals surface area contributed by atoms with Crippen molar-refractivity contribution in [3.63, 3.8) is 0 Å². The Hall–Kier alpha value is -3.74. The molecule has 1 unspecified atom stereocenters. The molecule has 0 saturated heterocycles. The molecule has 0 aliphatic rings. The molecule has 1 N–H and O–H groups in total. The van der Waals surface area contributed by atoms with E-state index in [0.717, 1.165) is 16.3 Å². The predicted molar refractivity (Wildman–Crippen MR) is 102 cm³/mol. The molecule has 1 heterocycles. The Labute approximate surface area is 159 Å². The first-order valence-corrected chi connectivity index (χ1v) is 8.66. The minimum absolute atomic E-state index is 0.00490. The van der Waals surface area contributed by atoms with Crippen molar-refractivity contribution in [2.75, 3.05) is 5.32 Å². The average Bonchev–Trinajstić information content (AvgIpc) is 3.17. The molecule has 1 atom stereocenters. The number of halogens is 1. The van der Waals surface area contributed by atoms with E-state index in [0.29, 0.717) is 0 Å². The highest BCUT2D eigenvalue weighted by atomic mass is 19.1. The number of aromatic nitrogens is 2. The topological polar surface area (TPSA) is 77.2 Å². The number of nitrogens with zero attached hydrogens (tertiary/aromatic N) is 2. The minimum Gasteiger partial charge on any atom is -0.478 e. The fourth-order valence-electron chi connectivity index (χ4n) is 2.79. The third-order valence-electron chi connectivity index (χ3n) is 4.19. The molecule has 0 aliphatic carbocycles. The van der Waals surface area contributed by atoms with Gasteiger partial charge in [-0.2, -0.15) is 4.98 Å². The fraction of sp³-hybridized carbons (Fsp3) is 0.0952. The number of carbonyl (C=O) groups excluding carboxylic acids is 1. The number of hydrogen-bond donors (Lipinski definition) is 1. The van der Waals surface area contributed by atoms with Crippen LogP contribution in [0.1, 0.15) is 6.92 Å². The molecule has 6 nitrogen and oxygen atoms in total. The van der Waals surface area contributed by atoms with Crippen LogP contribution in [0.15, 0.2) is 71.3 Å². The number of anilines is 1. The van der Waals surface area contributed by atoms with Crippen LogP contribution in [0.5, 0.6) is 5.75 Å². The van der Waals surface area contributed by atoms with Gasteiger partial charge in [0, 0.05) is 5.56 Å². The Morgan fingerprint density at radius 2 is 1.82 bits per heavy atom. The number of fused-ring (bicyclic) bond motifs is 1. The van der Waals surface area contributed by atoms with E-state index in [2.05, 4.69) is 15.5 Å². The van der Waals surface area contributed by atoms with E-state index in [-0.39, 0.29) is 17.6 Å². The number of amides is 1. The van der Waals surface area contributed by atoms with Crippen molar-refractivity contribution >= 4 is 22.6 Å². The first kappa shape index (κ1) is 17.7. The van der Waals surface area contributed by atoms with Gasteiger partial charge in [-0.15, -0.1) is 0 Å². The summed E-state index contributed by atoms with van der Waals surface area (Å²) in [6, 6.07) is 19.4. The zero-order chi connectivity index (χ0) is 19.5. The number of carbonyl (C=O) groups is 1. The van der Waals surface area contributed by atoms with Gasteiger partial charge in [0.15, 0.2) is 17.7 Å². The van der Waals surface area contributed by atoms with Crippen LogP contribution < -0.4 is 10.1 Å². The Balaban J connectivity index is 1.50. The third-order valence-corrected chi connectivity index (χ3v) is 4.19. The quantitative estimate of drug-likeness (QED) is 0.557. The summed E-state index contributed by atoms with van der Waals surface area (Å²) in [4.78, 5) is 16.5. The second-order valence-electron chi connectivity index (χ2n) is 6.13. The molecule has 3 aromatic carbocycles. The lowest BCUT2D eigenvalue weighted by atomic mass is 10.0. The van der Waals surface area contributed by atoms with Gasteiger partial charge < -0.3 is 9.26 Å². The highest BCUT2D eigenvalue weighted by molar-refractivity contribution is 5.95. The number of ether oxygens (including phenoxy) is 1. The highest BCUT2D eigenvalue weighted by Crippen LogP contribution is 2.28. The van der Waals surface area contributed by atoms with Gasteiger partial charge in [-0.25, -0.2) is 4.39 Å². The number of nitrogens with one attached hydrogen (secondary N) is 1. The van der Waals surface area contributed by atoms with Crippen LogP contribution in [0.2, 0.25) is 0 Å². The molecule has 0 fully saturated rings. The summed E-state index contributed by atoms with van der Waals surface area (Å²) in [5.41, 5.74) is 0.766. The van der Waals surface area contributed by atoms with E-state index in [4.69, 9.17) is 9.26 Å². The lowest BCUT2D eigenvalue weighted by Crippen LogP contribution is -2.30. The van der Waals surface area contributed by atoms with E-state index < -0.39 is 17.8 Å². The fourth-order valence-corrected chi connectivity index (χ4v) is 2.79. The maximum atomic E-state index is 13.7. The van der Waals surface area contributed by atoms with Crippen LogP contribution in [0.25, 0.3) is 22.2 Å². The predicted octanol–water partition coefficient (Wildman–Crippen LogP) is 4.43. The van der Waals surface area contributed by atoms with E-state index in [9.17, 15) is 9.18 Å². The molecule has 0 saturated carbocycles. The molecule has 28 heavy (non-hydrogen) atoms. The molecule has 0 aliphatic heterocycles. The van der Waals surface area contributed by atoms with Gasteiger partial charge in [0.25, 0.3) is 17.7 Å². The Bertz CT molecular complexity index is 1140. The maximum absolute atomic E-state index is 13.7. The monoisotopic (exact) mass is 377 g/mol. The molecule has 1 amide bonds. The molecule has 0 spiro atoms. The summed E-state index contributed by atoms with van der Waals surface area (Å²) in [5, 5.41) is 8.31. The summed E-state index contributed by atoms with van der Waals surface area (Å²) >= 11 is 0. The minimum atomic E-state index is -0.948. The second-order valence-corrected chi connectivity index (χ2v) is 6.13. The van der Waals surface area contributed by atoms with Gasteiger partial charge in [-0.3, -0.25) is 10.1 Å². The summed E-state index contributed by atoms with van der Waals surface area (Å²) in [5.74, 6) is -0.769. The molecule has 4 aromatic rings. The van der Waals surface area contributed by atoms with E-state index in [1.807, 2.05) is 42.5 Å². The van der Waals surface area contributed by atoms with Gasteiger partial charge in [-0.05, 0) is 41.1 Å². The van der Waals surface area contributed by atoms with E-state index in [1.165, 1.54) is 19.1 Å².